The van der Waals surface area contributed by atoms with Gasteiger partial charge < -0.3 is 19.2 Å². The van der Waals surface area contributed by atoms with Crippen LogP contribution in [0.1, 0.15) is 110 Å². The lowest BCUT2D eigenvalue weighted by Crippen LogP contribution is -2.45. The Kier molecular flexibility index (Phi) is 17.8. The van der Waals surface area contributed by atoms with Gasteiger partial charge in [0.25, 0.3) is 52.3 Å². The molecule has 1 saturated heterocycles. The first-order chi connectivity index (χ1) is 33.1. The largest absolute Gasteiger partial charge is 0.378 e. The summed E-state index contributed by atoms with van der Waals surface area (Å²) in [7, 11) is -16.7. The van der Waals surface area contributed by atoms with Gasteiger partial charge in [-0.3, -0.25) is 27.8 Å². The highest BCUT2D eigenvalue weighted by atomic mass is 32.2. The van der Waals surface area contributed by atoms with Crippen molar-refractivity contribution in [2.75, 3.05) is 43.3 Å². The number of fused-ring (bicyclic) bond motifs is 2. The molecule has 3 aliphatic heterocycles. The van der Waals surface area contributed by atoms with Crippen molar-refractivity contribution in [3.05, 3.63) is 83.6 Å². The number of anilines is 1. The predicted molar refractivity (Wildman–Crippen MR) is 264 cm³/mol. The van der Waals surface area contributed by atoms with Crippen LogP contribution in [-0.2, 0) is 80.0 Å². The lowest BCUT2D eigenvalue weighted by Gasteiger charge is -2.42. The van der Waals surface area contributed by atoms with Crippen LogP contribution in [0.3, 0.4) is 0 Å². The van der Waals surface area contributed by atoms with Crippen LogP contribution in [0.15, 0.2) is 82.3 Å². The second-order valence-electron chi connectivity index (χ2n) is 19.6. The van der Waals surface area contributed by atoms with E-state index in [2.05, 4.69) is 0 Å². The van der Waals surface area contributed by atoms with Crippen LogP contribution in [0.5, 0.6) is 0 Å². The molecule has 5 rings (SSSR count). The number of ether oxygens (including phenoxy) is 2. The highest BCUT2D eigenvalue weighted by Gasteiger charge is 2.50. The second-order valence-corrected chi connectivity index (χ2v) is 25.6. The third kappa shape index (κ3) is 14.1. The van der Waals surface area contributed by atoms with Gasteiger partial charge in [-0.2, -0.15) is 38.2 Å². The van der Waals surface area contributed by atoms with Crippen LogP contribution >= 0.6 is 0 Å². The van der Waals surface area contributed by atoms with E-state index in [4.69, 9.17) is 14.3 Å². The van der Waals surface area contributed by atoms with E-state index >= 15 is 0 Å². The summed E-state index contributed by atoms with van der Waals surface area (Å²) in [4.78, 5) is 42.7. The first-order valence-electron chi connectivity index (χ1n) is 23.0. The number of allylic oxidation sites excluding steroid dienone is 6. The number of imide groups is 1. The molecule has 0 bridgehead atoms. The van der Waals surface area contributed by atoms with Crippen molar-refractivity contribution in [1.29, 1.82) is 0 Å². The number of hydroxylamine groups is 2. The van der Waals surface area contributed by atoms with Gasteiger partial charge in [-0.05, 0) is 122 Å². The molecule has 0 spiro atoms. The summed E-state index contributed by atoms with van der Waals surface area (Å²) in [5, 5.41) is 0.478. The monoisotopic (exact) mass is 1090 g/mol. The number of hydrogen-bond acceptors (Lipinski definition) is 15. The van der Waals surface area contributed by atoms with Crippen molar-refractivity contribution < 1.29 is 85.2 Å². The van der Waals surface area contributed by atoms with E-state index in [0.29, 0.717) is 45.4 Å². The minimum atomic E-state index is -4.72. The van der Waals surface area contributed by atoms with Gasteiger partial charge in [0.05, 0.1) is 38.7 Å². The van der Waals surface area contributed by atoms with Gasteiger partial charge in [0, 0.05) is 66.6 Å². The highest BCUT2D eigenvalue weighted by Crippen LogP contribution is 2.54. The molecule has 25 heteroatoms. The number of benzene rings is 2. The lowest BCUT2D eigenvalue weighted by molar-refractivity contribution is -0.441. The summed E-state index contributed by atoms with van der Waals surface area (Å²) in [6.45, 7) is 11.5. The molecule has 3 heterocycles. The van der Waals surface area contributed by atoms with Gasteiger partial charge >= 0.3 is 5.97 Å². The summed E-state index contributed by atoms with van der Waals surface area (Å²) in [5.74, 6) is -3.17. The van der Waals surface area contributed by atoms with Crippen LogP contribution in [0, 0.1) is 0 Å². The zero-order chi connectivity index (χ0) is 53.9. The Labute approximate surface area is 421 Å². The Morgan fingerprint density at radius 1 is 0.750 bits per heavy atom. The fourth-order valence-corrected chi connectivity index (χ4v) is 11.5. The standard InChI is InChI=1S/C47H63N3O18S4/c1-44(2,25-27-67-45(3,4)24-21-43(53)68-50-41(51)19-20-42(50)52)49-38-18-16-34(72(63,64)65)32-36(38)47(6,23-12-30-70(57,58)59)40(49)14-10-8-9-13-39-46(5,22-11-29-69(54,55)56)35-31-33(71(60,61)62)15-17-37(35)48(39)26-28-66-7/h8-10,13-18,31-32H,11-12,19-30H2,1-7H3,(H3-,54,55,56,57,58,59,60,61,62,63,64,65)/p+1. The van der Waals surface area contributed by atoms with Gasteiger partial charge in [0.2, 0.25) is 5.69 Å². The van der Waals surface area contributed by atoms with Gasteiger partial charge in [-0.25, -0.2) is 4.79 Å². The zero-order valence-corrected chi connectivity index (χ0v) is 44.5. The maximum atomic E-state index is 12.6. The van der Waals surface area contributed by atoms with Gasteiger partial charge in [0.1, 0.15) is 6.61 Å². The average Bonchev–Trinajstić information content (AvgIpc) is 3.79. The van der Waals surface area contributed by atoms with E-state index in [1.807, 2.05) is 23.3 Å². The van der Waals surface area contributed by atoms with E-state index in [1.165, 1.54) is 43.5 Å². The van der Waals surface area contributed by atoms with Crippen molar-refractivity contribution in [2.24, 2.45) is 0 Å². The molecule has 0 aromatic heterocycles. The quantitative estimate of drug-likeness (QED) is 0.0404. The number of carbonyl (C=O) groups excluding carboxylic acids is 3. The first-order valence-corrected chi connectivity index (χ1v) is 29.1. The summed E-state index contributed by atoms with van der Waals surface area (Å²) < 4.78 is 150. The molecule has 2 aromatic rings. The van der Waals surface area contributed by atoms with Crippen molar-refractivity contribution >= 4 is 75.3 Å². The van der Waals surface area contributed by atoms with Crippen LogP contribution in [0.4, 0.5) is 11.4 Å². The fraction of sp³-hybridized carbons (Fsp3) is 0.532. The second kappa shape index (κ2) is 22.0. The third-order valence-electron chi connectivity index (χ3n) is 13.3. The Balaban J connectivity index is 1.54. The van der Waals surface area contributed by atoms with Crippen molar-refractivity contribution in [2.45, 2.75) is 131 Å². The number of methoxy groups -OCH3 is 1. The number of hydrogen-bond donors (Lipinski definition) is 4. The molecule has 21 nitrogen and oxygen atoms in total. The van der Waals surface area contributed by atoms with E-state index in [9.17, 15) is 66.3 Å². The molecule has 4 N–H and O–H groups in total. The molecule has 0 radical (unpaired) electrons. The maximum Gasteiger partial charge on any atom is 0.333 e. The molecular formula is C47H64N3O18S4+. The molecule has 2 aromatic carbocycles. The van der Waals surface area contributed by atoms with Crippen LogP contribution < -0.4 is 4.90 Å². The number of nitrogens with zero attached hydrogens (tertiary/aromatic N) is 3. The summed E-state index contributed by atoms with van der Waals surface area (Å²) >= 11 is 0. The summed E-state index contributed by atoms with van der Waals surface area (Å²) in [5.41, 5.74) is -0.786. The first kappa shape index (κ1) is 58.2. The molecular weight excluding hydrogens is 1020 g/mol. The molecule has 2 amide bonds. The summed E-state index contributed by atoms with van der Waals surface area (Å²) in [6.07, 6.45) is 8.91. The average molecular weight is 1090 g/mol. The van der Waals surface area contributed by atoms with E-state index < -0.39 is 96.6 Å². The van der Waals surface area contributed by atoms with Crippen LogP contribution in [0.2, 0.25) is 0 Å². The van der Waals surface area contributed by atoms with Crippen LogP contribution in [0.25, 0.3) is 0 Å². The number of rotatable bonds is 25. The highest BCUT2D eigenvalue weighted by molar-refractivity contribution is 7.86. The molecule has 3 aliphatic rings. The van der Waals surface area contributed by atoms with Gasteiger partial charge in [-0.15, -0.1) is 5.06 Å². The molecule has 2 atom stereocenters. The third-order valence-corrected chi connectivity index (χ3v) is 16.6. The van der Waals surface area contributed by atoms with E-state index in [0.717, 1.165) is 0 Å². The SMILES string of the molecule is COCC[N+]1=C(C=CC=CC=C2N(C(C)(C)CCOC(C)(C)CCC(=O)ON3C(=O)CCC3=O)c3ccc(S(=O)(=O)O)cc3C2(C)CCCS(=O)(=O)O)C(C)(CCCS(=O)(=O)O)c2cc(S(=O)(=O)O)ccc21. The molecule has 1 fully saturated rings. The number of amides is 2. The predicted octanol–water partition coefficient (Wildman–Crippen LogP) is 5.64. The molecule has 398 valence electrons. The molecule has 0 saturated carbocycles. The maximum absolute atomic E-state index is 12.6. The fourth-order valence-electron chi connectivity index (χ4n) is 9.42. The smallest absolute Gasteiger partial charge is 0.333 e. The van der Waals surface area contributed by atoms with Gasteiger partial charge in [-0.1, -0.05) is 18.2 Å². The minimum Gasteiger partial charge on any atom is -0.378 e. The van der Waals surface area contributed by atoms with Gasteiger partial charge in [0.15, 0.2) is 12.3 Å². The molecule has 2 unspecified atom stereocenters. The van der Waals surface area contributed by atoms with Crippen molar-refractivity contribution in [1.82, 2.24) is 5.06 Å². The van der Waals surface area contributed by atoms with E-state index in [-0.39, 0.29) is 76.0 Å². The number of carbonyl (C=O) groups is 3. The summed E-state index contributed by atoms with van der Waals surface area (Å²) in [6, 6.07) is 8.23. The Bertz CT molecular complexity index is 3020. The topological polar surface area (TPSA) is 306 Å². The Morgan fingerprint density at radius 2 is 1.31 bits per heavy atom. The van der Waals surface area contributed by atoms with E-state index in [1.54, 1.807) is 58.1 Å². The molecule has 72 heavy (non-hydrogen) atoms. The Hall–Kier alpha value is -4.70. The normalized spacial score (nSPS) is 20.7. The zero-order valence-electron chi connectivity index (χ0n) is 41.2. The minimum absolute atomic E-state index is 0.0215. The Morgan fingerprint density at radius 3 is 1.86 bits per heavy atom. The van der Waals surface area contributed by atoms with Crippen LogP contribution in [-0.4, -0.2) is 135 Å². The molecule has 0 aliphatic carbocycles. The van der Waals surface area contributed by atoms with Crippen molar-refractivity contribution in [3.8, 4) is 0 Å². The lowest BCUT2D eigenvalue weighted by atomic mass is 9.76. The van der Waals surface area contributed by atoms with Crippen molar-refractivity contribution in [3.63, 3.8) is 0 Å².